The van der Waals surface area contributed by atoms with Crippen molar-refractivity contribution in [1.82, 2.24) is 15.3 Å². The lowest BCUT2D eigenvalue weighted by Crippen LogP contribution is -2.49. The van der Waals surface area contributed by atoms with Gasteiger partial charge in [0.1, 0.15) is 5.69 Å². The van der Waals surface area contributed by atoms with Crippen LogP contribution in [0.4, 0.5) is 0 Å². The number of aromatic nitrogens is 2. The number of rotatable bonds is 7. The van der Waals surface area contributed by atoms with Crippen LogP contribution in [-0.2, 0) is 22.3 Å². The molecule has 1 saturated heterocycles. The van der Waals surface area contributed by atoms with E-state index >= 15 is 0 Å². The van der Waals surface area contributed by atoms with Crippen molar-refractivity contribution in [2.45, 2.75) is 58.7 Å². The first kappa shape index (κ1) is 20.9. The summed E-state index contributed by atoms with van der Waals surface area (Å²) in [5.41, 5.74) is 4.50. The summed E-state index contributed by atoms with van der Waals surface area (Å²) in [5.74, 6) is 0.529. The Bertz CT molecular complexity index is 973. The summed E-state index contributed by atoms with van der Waals surface area (Å²) in [6.45, 7) is 9.28. The number of amidine groups is 1. The molecule has 0 aliphatic carbocycles. The zero-order valence-corrected chi connectivity index (χ0v) is 18.7. The van der Waals surface area contributed by atoms with E-state index in [4.69, 9.17) is 14.5 Å². The van der Waals surface area contributed by atoms with E-state index < -0.39 is 0 Å². The van der Waals surface area contributed by atoms with Gasteiger partial charge in [-0.05, 0) is 31.9 Å². The van der Waals surface area contributed by atoms with Gasteiger partial charge in [0, 0.05) is 23.4 Å². The van der Waals surface area contributed by atoms with Crippen LogP contribution >= 0.6 is 11.3 Å². The Balaban J connectivity index is 1.55. The highest BCUT2D eigenvalue weighted by atomic mass is 32.1. The zero-order chi connectivity index (χ0) is 21.3. The van der Waals surface area contributed by atoms with E-state index in [1.165, 1.54) is 0 Å². The molecule has 30 heavy (non-hydrogen) atoms. The molecule has 3 atom stereocenters. The highest BCUT2D eigenvalue weighted by Gasteiger charge is 2.50. The molecule has 0 saturated carbocycles. The minimum atomic E-state index is -0.377. The summed E-state index contributed by atoms with van der Waals surface area (Å²) in [7, 11) is 0. The maximum Gasteiger partial charge on any atom is 0.340 e. The first-order chi connectivity index (χ1) is 14.4. The molecule has 0 radical (unpaired) electrons. The third kappa shape index (κ3) is 3.86. The SMILES string of the molecule is CCCc1cnc(C2=NC3OCC(C)C3(C)N2)c(C(=O)OCCc2scnc2C)c1. The standard InChI is InChI=1S/C22H28N4O3S/c1-5-6-15-9-16(20(27)28-8-7-17-14(3)24-12-30-17)18(23-10-15)19-25-21-22(4,26-19)13(2)11-29-21/h9-10,12-13,21H,5-8,11H2,1-4H3,(H,25,26). The Labute approximate surface area is 180 Å². The first-order valence-electron chi connectivity index (χ1n) is 10.4. The number of aryl methyl sites for hydroxylation is 2. The van der Waals surface area contributed by atoms with Crippen molar-refractivity contribution in [3.63, 3.8) is 0 Å². The summed E-state index contributed by atoms with van der Waals surface area (Å²) in [6.07, 6.45) is 4.04. The van der Waals surface area contributed by atoms with Crippen molar-refractivity contribution in [3.8, 4) is 0 Å². The number of carbonyl (C=O) groups is 1. The van der Waals surface area contributed by atoms with Gasteiger partial charge in [-0.3, -0.25) is 4.98 Å². The number of fused-ring (bicyclic) bond motifs is 1. The number of thiazole rings is 1. The minimum Gasteiger partial charge on any atom is -0.462 e. The normalized spacial score (nSPS) is 25.0. The van der Waals surface area contributed by atoms with Crippen LogP contribution in [0.3, 0.4) is 0 Å². The van der Waals surface area contributed by atoms with Crippen molar-refractivity contribution in [2.75, 3.05) is 13.2 Å². The van der Waals surface area contributed by atoms with Crippen LogP contribution in [0.15, 0.2) is 22.8 Å². The van der Waals surface area contributed by atoms with Crippen molar-refractivity contribution in [2.24, 2.45) is 10.9 Å². The van der Waals surface area contributed by atoms with Crippen molar-refractivity contribution in [1.29, 1.82) is 0 Å². The van der Waals surface area contributed by atoms with Gasteiger partial charge in [-0.1, -0.05) is 20.3 Å². The van der Waals surface area contributed by atoms with Gasteiger partial charge >= 0.3 is 5.97 Å². The molecule has 4 rings (SSSR count). The van der Waals surface area contributed by atoms with E-state index in [0.29, 0.717) is 42.6 Å². The molecule has 160 valence electrons. The van der Waals surface area contributed by atoms with E-state index in [0.717, 1.165) is 29.0 Å². The Hall–Kier alpha value is -2.32. The predicted molar refractivity (Wildman–Crippen MR) is 116 cm³/mol. The molecular weight excluding hydrogens is 400 g/mol. The van der Waals surface area contributed by atoms with E-state index in [-0.39, 0.29) is 17.7 Å². The maximum atomic E-state index is 13.0. The number of aliphatic imine (C=N–C) groups is 1. The predicted octanol–water partition coefficient (Wildman–Crippen LogP) is 3.30. The molecule has 1 fully saturated rings. The van der Waals surface area contributed by atoms with Crippen LogP contribution in [0.2, 0.25) is 0 Å². The summed E-state index contributed by atoms with van der Waals surface area (Å²) in [6, 6.07) is 1.89. The Morgan fingerprint density at radius 1 is 1.40 bits per heavy atom. The fraction of sp³-hybridized carbons (Fsp3) is 0.545. The first-order valence-corrected chi connectivity index (χ1v) is 11.3. The van der Waals surface area contributed by atoms with Crippen LogP contribution in [0.1, 0.15) is 59.4 Å². The topological polar surface area (TPSA) is 85.7 Å². The third-order valence-corrected chi connectivity index (χ3v) is 7.00. The van der Waals surface area contributed by atoms with Crippen LogP contribution < -0.4 is 5.32 Å². The van der Waals surface area contributed by atoms with E-state index in [9.17, 15) is 4.79 Å². The van der Waals surface area contributed by atoms with E-state index in [2.05, 4.69) is 36.1 Å². The third-order valence-electron chi connectivity index (χ3n) is 6.01. The largest absolute Gasteiger partial charge is 0.462 e. The summed E-state index contributed by atoms with van der Waals surface area (Å²) >= 11 is 1.58. The van der Waals surface area contributed by atoms with Crippen LogP contribution in [-0.4, -0.2) is 46.8 Å². The maximum absolute atomic E-state index is 13.0. The lowest BCUT2D eigenvalue weighted by atomic mass is 9.89. The van der Waals surface area contributed by atoms with Gasteiger partial charge in [-0.15, -0.1) is 11.3 Å². The van der Waals surface area contributed by atoms with Gasteiger partial charge in [0.2, 0.25) is 0 Å². The molecule has 0 spiro atoms. The number of esters is 1. The van der Waals surface area contributed by atoms with Crippen LogP contribution in [0.5, 0.6) is 0 Å². The van der Waals surface area contributed by atoms with Crippen LogP contribution in [0, 0.1) is 12.8 Å². The molecular formula is C22H28N4O3S. The molecule has 0 aromatic carbocycles. The number of hydrogen-bond acceptors (Lipinski definition) is 8. The Morgan fingerprint density at radius 2 is 2.23 bits per heavy atom. The van der Waals surface area contributed by atoms with Crippen LogP contribution in [0.25, 0.3) is 0 Å². The van der Waals surface area contributed by atoms with E-state index in [1.807, 2.05) is 24.7 Å². The Morgan fingerprint density at radius 3 is 2.93 bits per heavy atom. The van der Waals surface area contributed by atoms with E-state index in [1.54, 1.807) is 11.3 Å². The molecule has 2 aliphatic rings. The molecule has 2 aromatic rings. The number of pyridine rings is 1. The quantitative estimate of drug-likeness (QED) is 0.681. The lowest BCUT2D eigenvalue weighted by molar-refractivity contribution is 0.0508. The average molecular weight is 429 g/mol. The number of hydrogen-bond donors (Lipinski definition) is 1. The molecule has 8 heteroatoms. The fourth-order valence-electron chi connectivity index (χ4n) is 3.86. The molecule has 4 heterocycles. The molecule has 0 amide bonds. The van der Waals surface area contributed by atoms with Crippen molar-refractivity contribution >= 4 is 23.1 Å². The monoisotopic (exact) mass is 428 g/mol. The van der Waals surface area contributed by atoms with Gasteiger partial charge in [0.05, 0.1) is 35.5 Å². The molecule has 0 bridgehead atoms. The van der Waals surface area contributed by atoms with Crippen molar-refractivity contribution in [3.05, 3.63) is 45.2 Å². The zero-order valence-electron chi connectivity index (χ0n) is 17.9. The Kier molecular flexibility index (Phi) is 5.88. The van der Waals surface area contributed by atoms with Gasteiger partial charge in [0.25, 0.3) is 0 Å². The number of nitrogens with one attached hydrogen (secondary N) is 1. The molecule has 1 N–H and O–H groups in total. The highest BCUT2D eigenvalue weighted by Crippen LogP contribution is 2.36. The molecule has 2 aromatic heterocycles. The number of nitrogens with zero attached hydrogens (tertiary/aromatic N) is 3. The van der Waals surface area contributed by atoms with Gasteiger partial charge in [-0.25, -0.2) is 14.8 Å². The second-order valence-electron chi connectivity index (χ2n) is 8.21. The number of ether oxygens (including phenoxy) is 2. The second-order valence-corrected chi connectivity index (χ2v) is 9.15. The molecule has 3 unspecified atom stereocenters. The van der Waals surface area contributed by atoms with Gasteiger partial charge < -0.3 is 14.8 Å². The molecule has 2 aliphatic heterocycles. The number of carbonyl (C=O) groups excluding carboxylic acids is 1. The minimum absolute atomic E-state index is 0.266. The average Bonchev–Trinajstić information content (AvgIpc) is 3.37. The lowest BCUT2D eigenvalue weighted by Gasteiger charge is -2.27. The summed E-state index contributed by atoms with van der Waals surface area (Å²) in [4.78, 5) is 27.7. The summed E-state index contributed by atoms with van der Waals surface area (Å²) < 4.78 is 11.4. The van der Waals surface area contributed by atoms with Gasteiger partial charge in [0.15, 0.2) is 12.1 Å². The highest BCUT2D eigenvalue weighted by molar-refractivity contribution is 7.09. The van der Waals surface area contributed by atoms with Gasteiger partial charge in [-0.2, -0.15) is 0 Å². The van der Waals surface area contributed by atoms with Crippen molar-refractivity contribution < 1.29 is 14.3 Å². The second kappa shape index (κ2) is 8.43. The smallest absolute Gasteiger partial charge is 0.340 e. The molecule has 7 nitrogen and oxygen atoms in total. The summed E-state index contributed by atoms with van der Waals surface area (Å²) in [5, 5.41) is 3.48. The fourth-order valence-corrected chi connectivity index (χ4v) is 4.63.